The summed E-state index contributed by atoms with van der Waals surface area (Å²) in [6.07, 6.45) is 1.13. The number of fused-ring (bicyclic) bond motifs is 1. The Bertz CT molecular complexity index is 901. The molecule has 0 saturated carbocycles. The first-order valence-electron chi connectivity index (χ1n) is 9.27. The van der Waals surface area contributed by atoms with E-state index < -0.39 is 0 Å². The van der Waals surface area contributed by atoms with Gasteiger partial charge in [-0.25, -0.2) is 0 Å². The minimum Gasteiger partial charge on any atom is -0.368 e. The van der Waals surface area contributed by atoms with Crippen LogP contribution in [0.4, 0.5) is 5.69 Å². The second-order valence-electron chi connectivity index (χ2n) is 7.01. The first kappa shape index (κ1) is 17.7. The minimum absolute atomic E-state index is 1.08. The van der Waals surface area contributed by atoms with Gasteiger partial charge in [0.2, 0.25) is 0 Å². The largest absolute Gasteiger partial charge is 0.368 e. The number of rotatable bonds is 4. The van der Waals surface area contributed by atoms with Crippen LogP contribution in [-0.2, 0) is 6.42 Å². The van der Waals surface area contributed by atoms with Gasteiger partial charge in [-0.2, -0.15) is 0 Å². The molecule has 0 bridgehead atoms. The zero-order valence-corrected chi connectivity index (χ0v) is 17.3. The van der Waals surface area contributed by atoms with Crippen LogP contribution in [0.5, 0.6) is 0 Å². The van der Waals surface area contributed by atoms with E-state index in [1.54, 1.807) is 0 Å². The summed E-state index contributed by atoms with van der Waals surface area (Å²) in [5.74, 6) is 0. The van der Waals surface area contributed by atoms with E-state index in [4.69, 9.17) is 0 Å². The molecule has 1 fully saturated rings. The molecule has 3 nitrogen and oxygen atoms in total. The molecule has 1 saturated heterocycles. The van der Waals surface area contributed by atoms with E-state index in [-0.39, 0.29) is 0 Å². The second-order valence-corrected chi connectivity index (χ2v) is 8.25. The summed E-state index contributed by atoms with van der Waals surface area (Å²) >= 11 is 2.39. The molecule has 4 rings (SSSR count). The molecule has 0 amide bonds. The molecule has 26 heavy (non-hydrogen) atoms. The van der Waals surface area contributed by atoms with Crippen molar-refractivity contribution in [1.29, 1.82) is 0 Å². The van der Waals surface area contributed by atoms with Crippen molar-refractivity contribution in [3.8, 4) is 0 Å². The van der Waals surface area contributed by atoms with E-state index >= 15 is 0 Å². The molecule has 1 aliphatic heterocycles. The van der Waals surface area contributed by atoms with Crippen LogP contribution in [0.15, 0.2) is 54.6 Å². The lowest BCUT2D eigenvalue weighted by Crippen LogP contribution is -2.47. The monoisotopic (exact) mass is 457 g/mol. The first-order valence-corrected chi connectivity index (χ1v) is 10.3. The van der Waals surface area contributed by atoms with Crippen LogP contribution in [0.25, 0.3) is 10.9 Å². The van der Waals surface area contributed by atoms with Crippen LogP contribution in [-0.4, -0.2) is 42.6 Å². The average Bonchev–Trinajstić information content (AvgIpc) is 2.66. The van der Waals surface area contributed by atoms with E-state index in [0.717, 1.165) is 50.4 Å². The lowest BCUT2D eigenvalue weighted by molar-refractivity contribution is 0.261. The Kier molecular flexibility index (Phi) is 5.41. The van der Waals surface area contributed by atoms with Crippen molar-refractivity contribution < 1.29 is 0 Å². The number of piperazine rings is 1. The van der Waals surface area contributed by atoms with Crippen LogP contribution in [0.1, 0.15) is 11.3 Å². The molecule has 134 valence electrons. The van der Waals surface area contributed by atoms with Crippen molar-refractivity contribution in [2.45, 2.75) is 13.3 Å². The van der Waals surface area contributed by atoms with Crippen LogP contribution in [0.2, 0.25) is 0 Å². The summed E-state index contributed by atoms with van der Waals surface area (Å²) in [4.78, 5) is 9.78. The Hall–Kier alpha value is -1.66. The third-order valence-electron chi connectivity index (χ3n) is 5.17. The molecule has 0 aliphatic carbocycles. The number of halogens is 1. The van der Waals surface area contributed by atoms with E-state index in [9.17, 15) is 0 Å². The molecule has 0 spiro atoms. The Morgan fingerprint density at radius 2 is 1.77 bits per heavy atom. The van der Waals surface area contributed by atoms with Gasteiger partial charge in [-0.05, 0) is 77.9 Å². The Balaban J connectivity index is 1.39. The highest BCUT2D eigenvalue weighted by molar-refractivity contribution is 14.1. The second kappa shape index (κ2) is 7.92. The third-order valence-corrected chi connectivity index (χ3v) is 5.84. The average molecular weight is 457 g/mol. The molecular weight excluding hydrogens is 433 g/mol. The molecule has 1 aliphatic rings. The smallest absolute Gasteiger partial charge is 0.0726 e. The molecule has 3 aromatic rings. The molecule has 2 heterocycles. The molecule has 4 heteroatoms. The number of hydrogen-bond acceptors (Lipinski definition) is 3. The molecule has 2 aromatic carbocycles. The Morgan fingerprint density at radius 1 is 0.962 bits per heavy atom. The number of nitrogens with zero attached hydrogens (tertiary/aromatic N) is 3. The fraction of sp³-hybridized carbons (Fsp3) is 0.318. The summed E-state index contributed by atoms with van der Waals surface area (Å²) in [6, 6.07) is 19.7. The molecular formula is C22H24IN3. The number of anilines is 1. The minimum atomic E-state index is 1.08. The summed E-state index contributed by atoms with van der Waals surface area (Å²) in [5.41, 5.74) is 4.95. The van der Waals surface area contributed by atoms with Crippen molar-refractivity contribution in [2.75, 3.05) is 37.6 Å². The van der Waals surface area contributed by atoms with Gasteiger partial charge >= 0.3 is 0 Å². The van der Waals surface area contributed by atoms with Gasteiger partial charge < -0.3 is 4.90 Å². The van der Waals surface area contributed by atoms with Gasteiger partial charge in [-0.3, -0.25) is 9.88 Å². The maximum atomic E-state index is 4.68. The van der Waals surface area contributed by atoms with Crippen molar-refractivity contribution >= 4 is 39.2 Å². The predicted molar refractivity (Wildman–Crippen MR) is 118 cm³/mol. The first-order chi connectivity index (χ1) is 12.7. The summed E-state index contributed by atoms with van der Waals surface area (Å²) in [7, 11) is 0. The molecule has 0 unspecified atom stereocenters. The van der Waals surface area contributed by atoms with Crippen LogP contribution >= 0.6 is 22.6 Å². The van der Waals surface area contributed by atoms with Crippen molar-refractivity contribution in [3.05, 3.63) is 69.4 Å². The van der Waals surface area contributed by atoms with Gasteiger partial charge in [0, 0.05) is 53.1 Å². The zero-order valence-electron chi connectivity index (χ0n) is 15.2. The number of benzene rings is 2. The van der Waals surface area contributed by atoms with E-state index in [1.165, 1.54) is 20.2 Å². The summed E-state index contributed by atoms with van der Waals surface area (Å²) in [5, 5.41) is 1.27. The van der Waals surface area contributed by atoms with E-state index in [2.05, 4.69) is 98.9 Å². The lowest BCUT2D eigenvalue weighted by Gasteiger charge is -2.36. The van der Waals surface area contributed by atoms with Gasteiger partial charge in [0.1, 0.15) is 0 Å². The molecule has 0 N–H and O–H groups in total. The van der Waals surface area contributed by atoms with Crippen molar-refractivity contribution in [2.24, 2.45) is 0 Å². The zero-order chi connectivity index (χ0) is 17.9. The number of hydrogen-bond donors (Lipinski definition) is 0. The maximum absolute atomic E-state index is 4.68. The van der Waals surface area contributed by atoms with E-state index in [0.29, 0.717) is 0 Å². The highest BCUT2D eigenvalue weighted by atomic mass is 127. The third kappa shape index (κ3) is 4.01. The normalized spacial score (nSPS) is 15.5. The highest BCUT2D eigenvalue weighted by Gasteiger charge is 2.18. The van der Waals surface area contributed by atoms with Gasteiger partial charge in [0.15, 0.2) is 0 Å². The Morgan fingerprint density at radius 3 is 2.58 bits per heavy atom. The van der Waals surface area contributed by atoms with E-state index in [1.807, 2.05) is 0 Å². The van der Waals surface area contributed by atoms with Gasteiger partial charge in [0.25, 0.3) is 0 Å². The summed E-state index contributed by atoms with van der Waals surface area (Å²) in [6.45, 7) is 7.61. The lowest BCUT2D eigenvalue weighted by atomic mass is 10.1. The molecule has 0 atom stereocenters. The van der Waals surface area contributed by atoms with Crippen LogP contribution < -0.4 is 4.90 Å². The fourth-order valence-corrected chi connectivity index (χ4v) is 4.32. The number of aromatic nitrogens is 1. The van der Waals surface area contributed by atoms with Gasteiger partial charge in [-0.1, -0.05) is 18.2 Å². The van der Waals surface area contributed by atoms with Gasteiger partial charge in [0.05, 0.1) is 5.52 Å². The topological polar surface area (TPSA) is 19.4 Å². The Labute approximate surface area is 169 Å². The fourth-order valence-electron chi connectivity index (χ4n) is 3.71. The highest BCUT2D eigenvalue weighted by Crippen LogP contribution is 2.27. The molecule has 1 aromatic heterocycles. The number of aryl methyl sites for hydroxylation is 1. The van der Waals surface area contributed by atoms with Gasteiger partial charge in [-0.15, -0.1) is 0 Å². The molecule has 0 radical (unpaired) electrons. The quantitative estimate of drug-likeness (QED) is 0.538. The standard InChI is InChI=1S/C22H24IN3/c1-17-8-9-20-21(24-17)6-3-7-22(20)26-14-12-25(13-15-26)11-10-18-4-2-5-19(23)16-18/h2-9,16H,10-15H2,1H3. The predicted octanol–water partition coefficient (Wildman–Crippen LogP) is 4.51. The van der Waals surface area contributed by atoms with Crippen molar-refractivity contribution in [3.63, 3.8) is 0 Å². The number of pyridine rings is 1. The van der Waals surface area contributed by atoms with Crippen LogP contribution in [0, 0.1) is 10.5 Å². The maximum Gasteiger partial charge on any atom is 0.0726 e. The summed E-state index contributed by atoms with van der Waals surface area (Å²) < 4.78 is 1.32. The van der Waals surface area contributed by atoms with Crippen LogP contribution in [0.3, 0.4) is 0 Å². The SMILES string of the molecule is Cc1ccc2c(N3CCN(CCc4cccc(I)c4)CC3)cccc2n1. The van der Waals surface area contributed by atoms with Crippen molar-refractivity contribution in [1.82, 2.24) is 9.88 Å².